The first-order valence-corrected chi connectivity index (χ1v) is 5.34. The van der Waals surface area contributed by atoms with Gasteiger partial charge in [-0.15, -0.1) is 12.4 Å². The third kappa shape index (κ3) is 4.14. The average Bonchev–Trinajstić information content (AvgIpc) is 2.14. The maximum Gasteiger partial charge on any atom is 0.416 e. The van der Waals surface area contributed by atoms with E-state index in [1.165, 1.54) is 0 Å². The fourth-order valence-electron chi connectivity index (χ4n) is 1.79. The summed E-state index contributed by atoms with van der Waals surface area (Å²) >= 11 is 0. The first-order chi connectivity index (χ1) is 7.73. The molecule has 0 fully saturated rings. The second-order valence-electron chi connectivity index (χ2n) is 4.43. The minimum absolute atomic E-state index is 0. The maximum atomic E-state index is 13.5. The summed E-state index contributed by atoms with van der Waals surface area (Å²) in [6, 6.07) is 1.97. The third-order valence-electron chi connectivity index (χ3n) is 2.45. The standard InChI is InChI=1S/C12H15F4N.ClH/c1-7(2)6-10(17)11-8(12(14,15)16)4-3-5-9(11)13;/h3-5,7,10H,6,17H2,1-2H3;1H/t10-;/m1./s1. The highest BCUT2D eigenvalue weighted by Gasteiger charge is 2.36. The van der Waals surface area contributed by atoms with Crippen LogP contribution in [0, 0.1) is 11.7 Å². The number of rotatable bonds is 3. The Kier molecular flexibility index (Phi) is 6.10. The highest BCUT2D eigenvalue weighted by molar-refractivity contribution is 5.85. The summed E-state index contributed by atoms with van der Waals surface area (Å²) in [6.07, 6.45) is -4.27. The summed E-state index contributed by atoms with van der Waals surface area (Å²) in [5, 5.41) is 0. The number of hydrogen-bond acceptors (Lipinski definition) is 1. The number of hydrogen-bond donors (Lipinski definition) is 1. The van der Waals surface area contributed by atoms with Crippen molar-refractivity contribution >= 4 is 12.4 Å². The molecule has 0 aliphatic carbocycles. The number of nitrogens with two attached hydrogens (primary N) is 1. The Labute approximate surface area is 110 Å². The summed E-state index contributed by atoms with van der Waals surface area (Å²) < 4.78 is 51.6. The lowest BCUT2D eigenvalue weighted by Gasteiger charge is -2.20. The van der Waals surface area contributed by atoms with Crippen molar-refractivity contribution in [3.63, 3.8) is 0 Å². The van der Waals surface area contributed by atoms with Gasteiger partial charge < -0.3 is 5.73 Å². The van der Waals surface area contributed by atoms with Gasteiger partial charge in [-0.1, -0.05) is 19.9 Å². The highest BCUT2D eigenvalue weighted by Crippen LogP contribution is 2.36. The Balaban J connectivity index is 0.00000289. The van der Waals surface area contributed by atoms with E-state index < -0.39 is 29.2 Å². The van der Waals surface area contributed by atoms with E-state index in [4.69, 9.17) is 5.73 Å². The Morgan fingerprint density at radius 2 is 1.78 bits per heavy atom. The summed E-state index contributed by atoms with van der Waals surface area (Å²) in [4.78, 5) is 0. The normalized spacial score (nSPS) is 13.3. The van der Waals surface area contributed by atoms with Gasteiger partial charge in [0.05, 0.1) is 5.56 Å². The molecule has 18 heavy (non-hydrogen) atoms. The lowest BCUT2D eigenvalue weighted by molar-refractivity contribution is -0.138. The summed E-state index contributed by atoms with van der Waals surface area (Å²) in [5.74, 6) is -0.793. The summed E-state index contributed by atoms with van der Waals surface area (Å²) in [5.41, 5.74) is 4.24. The van der Waals surface area contributed by atoms with Crippen LogP contribution in [0.4, 0.5) is 17.6 Å². The molecule has 1 rings (SSSR count). The molecule has 2 N–H and O–H groups in total. The van der Waals surface area contributed by atoms with Crippen LogP contribution in [0.3, 0.4) is 0 Å². The Bertz CT molecular complexity index is 390. The molecule has 0 spiro atoms. The van der Waals surface area contributed by atoms with Gasteiger partial charge in [0.1, 0.15) is 5.82 Å². The highest BCUT2D eigenvalue weighted by atomic mass is 35.5. The van der Waals surface area contributed by atoms with Gasteiger partial charge in [-0.05, 0) is 24.5 Å². The third-order valence-corrected chi connectivity index (χ3v) is 2.45. The van der Waals surface area contributed by atoms with Crippen LogP contribution in [-0.4, -0.2) is 0 Å². The first kappa shape index (κ1) is 17.2. The van der Waals surface area contributed by atoms with Crippen molar-refractivity contribution in [2.45, 2.75) is 32.5 Å². The van der Waals surface area contributed by atoms with Crippen LogP contribution >= 0.6 is 12.4 Å². The van der Waals surface area contributed by atoms with Crippen molar-refractivity contribution in [1.29, 1.82) is 0 Å². The van der Waals surface area contributed by atoms with Crippen molar-refractivity contribution in [2.75, 3.05) is 0 Å². The van der Waals surface area contributed by atoms with Gasteiger partial charge in [0.25, 0.3) is 0 Å². The van der Waals surface area contributed by atoms with E-state index in [-0.39, 0.29) is 18.3 Å². The van der Waals surface area contributed by atoms with Crippen LogP contribution < -0.4 is 5.73 Å². The molecule has 1 atom stereocenters. The fourth-order valence-corrected chi connectivity index (χ4v) is 1.79. The molecule has 0 aliphatic rings. The monoisotopic (exact) mass is 285 g/mol. The maximum absolute atomic E-state index is 13.5. The lowest BCUT2D eigenvalue weighted by atomic mass is 9.93. The van der Waals surface area contributed by atoms with Crippen molar-refractivity contribution in [2.24, 2.45) is 11.7 Å². The van der Waals surface area contributed by atoms with Crippen LogP contribution in [0.15, 0.2) is 18.2 Å². The average molecular weight is 286 g/mol. The largest absolute Gasteiger partial charge is 0.416 e. The van der Waals surface area contributed by atoms with E-state index in [9.17, 15) is 17.6 Å². The molecule has 0 bridgehead atoms. The van der Waals surface area contributed by atoms with Crippen LogP contribution in [0.1, 0.15) is 37.4 Å². The quantitative estimate of drug-likeness (QED) is 0.823. The van der Waals surface area contributed by atoms with Gasteiger partial charge in [0.2, 0.25) is 0 Å². The molecule has 0 radical (unpaired) electrons. The zero-order valence-electron chi connectivity index (χ0n) is 10.1. The summed E-state index contributed by atoms with van der Waals surface area (Å²) in [7, 11) is 0. The SMILES string of the molecule is CC(C)C[C@@H](N)c1c(F)cccc1C(F)(F)F.Cl. The Morgan fingerprint density at radius 1 is 1.22 bits per heavy atom. The molecule has 0 amide bonds. The van der Waals surface area contributed by atoms with E-state index in [0.29, 0.717) is 6.42 Å². The number of benzene rings is 1. The van der Waals surface area contributed by atoms with E-state index >= 15 is 0 Å². The zero-order chi connectivity index (χ0) is 13.2. The fraction of sp³-hybridized carbons (Fsp3) is 0.500. The van der Waals surface area contributed by atoms with E-state index in [1.807, 2.05) is 13.8 Å². The smallest absolute Gasteiger partial charge is 0.324 e. The molecule has 0 aromatic heterocycles. The topological polar surface area (TPSA) is 26.0 Å². The van der Waals surface area contributed by atoms with Gasteiger partial charge in [0, 0.05) is 11.6 Å². The van der Waals surface area contributed by atoms with E-state index in [1.54, 1.807) is 0 Å². The van der Waals surface area contributed by atoms with E-state index in [2.05, 4.69) is 0 Å². The molecule has 6 heteroatoms. The van der Waals surface area contributed by atoms with Gasteiger partial charge in [0.15, 0.2) is 0 Å². The molecular formula is C12H16ClF4N. The lowest BCUT2D eigenvalue weighted by Crippen LogP contribution is -2.20. The second-order valence-corrected chi connectivity index (χ2v) is 4.43. The molecule has 0 aliphatic heterocycles. The minimum atomic E-state index is -4.58. The van der Waals surface area contributed by atoms with Gasteiger partial charge in [-0.2, -0.15) is 13.2 Å². The second kappa shape index (κ2) is 6.38. The van der Waals surface area contributed by atoms with Gasteiger partial charge in [-0.25, -0.2) is 4.39 Å². The molecule has 0 heterocycles. The zero-order valence-corrected chi connectivity index (χ0v) is 10.9. The molecule has 1 nitrogen and oxygen atoms in total. The molecular weight excluding hydrogens is 270 g/mol. The van der Waals surface area contributed by atoms with Crippen LogP contribution in [0.25, 0.3) is 0 Å². The minimum Gasteiger partial charge on any atom is -0.324 e. The van der Waals surface area contributed by atoms with Crippen molar-refractivity contribution in [3.05, 3.63) is 35.1 Å². The predicted molar refractivity (Wildman–Crippen MR) is 65.0 cm³/mol. The molecule has 0 saturated heterocycles. The van der Waals surface area contributed by atoms with Crippen molar-refractivity contribution in [1.82, 2.24) is 0 Å². The van der Waals surface area contributed by atoms with Gasteiger partial charge in [-0.3, -0.25) is 0 Å². The summed E-state index contributed by atoms with van der Waals surface area (Å²) in [6.45, 7) is 3.65. The Hall–Kier alpha value is -0.810. The van der Waals surface area contributed by atoms with Crippen LogP contribution in [0.5, 0.6) is 0 Å². The Morgan fingerprint density at radius 3 is 2.22 bits per heavy atom. The number of halogens is 5. The van der Waals surface area contributed by atoms with Crippen molar-refractivity contribution in [3.8, 4) is 0 Å². The number of alkyl halides is 3. The van der Waals surface area contributed by atoms with Crippen LogP contribution in [0.2, 0.25) is 0 Å². The predicted octanol–water partition coefficient (Wildman–Crippen LogP) is 4.31. The van der Waals surface area contributed by atoms with Gasteiger partial charge >= 0.3 is 6.18 Å². The van der Waals surface area contributed by atoms with Crippen molar-refractivity contribution < 1.29 is 17.6 Å². The molecule has 1 aromatic rings. The molecule has 0 unspecified atom stereocenters. The molecule has 1 aromatic carbocycles. The first-order valence-electron chi connectivity index (χ1n) is 5.34. The molecule has 0 saturated carbocycles. The van der Waals surface area contributed by atoms with E-state index in [0.717, 1.165) is 18.2 Å². The molecule has 104 valence electrons. The van der Waals surface area contributed by atoms with Crippen LogP contribution in [-0.2, 0) is 6.18 Å².